The number of hydrogen-bond donors (Lipinski definition) is 5. The van der Waals surface area contributed by atoms with Gasteiger partial charge in [0.25, 0.3) is 0 Å². The Morgan fingerprint density at radius 3 is 1.94 bits per heavy atom. The highest BCUT2D eigenvalue weighted by Gasteiger charge is 2.21. The van der Waals surface area contributed by atoms with Gasteiger partial charge in [-0.3, -0.25) is 8.37 Å². The van der Waals surface area contributed by atoms with Crippen LogP contribution in [-0.2, 0) is 56.2 Å². The lowest BCUT2D eigenvalue weighted by atomic mass is 10.1. The second-order valence-electron chi connectivity index (χ2n) is 9.46. The third-order valence-corrected chi connectivity index (χ3v) is 11.2. The SMILES string of the molecule is Nc1ccc2c(O)c(/N=N/c3ccc(S(=O)(=O)CCOSOOO)cc3)c(SOOO)cc2c1/N=N/c1ccccc1S(=O)(=O)CCOSOOO. The first-order chi connectivity index (χ1) is 25.0. The van der Waals surface area contributed by atoms with Crippen molar-refractivity contribution in [1.29, 1.82) is 0 Å². The van der Waals surface area contributed by atoms with Gasteiger partial charge in [-0.1, -0.05) is 27.2 Å². The van der Waals surface area contributed by atoms with Crippen LogP contribution < -0.4 is 5.73 Å². The predicted octanol–water partition coefficient (Wildman–Crippen LogP) is 6.94. The van der Waals surface area contributed by atoms with Crippen molar-refractivity contribution in [2.75, 3.05) is 30.5 Å². The van der Waals surface area contributed by atoms with Gasteiger partial charge in [0.1, 0.15) is 17.1 Å². The summed E-state index contributed by atoms with van der Waals surface area (Å²) in [4.78, 5) is -0.196. The van der Waals surface area contributed by atoms with Gasteiger partial charge in [-0.25, -0.2) is 32.6 Å². The van der Waals surface area contributed by atoms with Gasteiger partial charge in [-0.05, 0) is 54.6 Å². The number of nitrogen functional groups attached to an aromatic ring is 1. The zero-order valence-electron chi connectivity index (χ0n) is 25.8. The molecule has 0 amide bonds. The van der Waals surface area contributed by atoms with Crippen LogP contribution in [0.15, 0.2) is 102 Å². The Bertz CT molecular complexity index is 2090. The van der Waals surface area contributed by atoms with Crippen molar-refractivity contribution in [3.8, 4) is 5.75 Å². The maximum atomic E-state index is 13.0. The van der Waals surface area contributed by atoms with Crippen molar-refractivity contribution in [1.82, 2.24) is 0 Å². The molecule has 0 saturated heterocycles. The second-order valence-corrected chi connectivity index (χ2v) is 15.4. The molecule has 4 aromatic carbocycles. The van der Waals surface area contributed by atoms with Gasteiger partial charge in [-0.15, -0.1) is 28.3 Å². The van der Waals surface area contributed by atoms with Crippen molar-refractivity contribution in [3.05, 3.63) is 66.7 Å². The highest BCUT2D eigenvalue weighted by Crippen LogP contribution is 2.47. The normalized spacial score (nSPS) is 12.4. The van der Waals surface area contributed by atoms with Crippen molar-refractivity contribution in [3.63, 3.8) is 0 Å². The van der Waals surface area contributed by atoms with Crippen LogP contribution in [0.4, 0.5) is 28.4 Å². The number of nitrogens with zero attached hydrogens (tertiary/aromatic N) is 4. The number of anilines is 1. The summed E-state index contributed by atoms with van der Waals surface area (Å²) >= 11 is 0.900. The standard InChI is InChI=1S/C26H25N5O16S5/c27-20-10-9-18-19(24(20)30-29-21-3-1-2-4-23(21)52(38,39)14-12-41-50-47-44-35)15-22(48-45-42-33)25(26(18)32)31-28-16-5-7-17(8-6-16)51(36,37)13-11-40-49-46-43-34/h1-10,15,32-35H,11-14,27H2/b30-29+,31-28+. The number of sulfone groups is 2. The fourth-order valence-corrected chi connectivity index (χ4v) is 7.58. The molecule has 4 rings (SSSR count). The highest BCUT2D eigenvalue weighted by atomic mass is 32.2. The second kappa shape index (κ2) is 20.1. The van der Waals surface area contributed by atoms with E-state index in [4.69, 9.17) is 29.9 Å². The summed E-state index contributed by atoms with van der Waals surface area (Å²) in [5, 5.41) is 63.6. The third-order valence-electron chi connectivity index (χ3n) is 6.39. The van der Waals surface area contributed by atoms with E-state index in [0.717, 1.165) is 0 Å². The van der Waals surface area contributed by atoms with E-state index in [1.165, 1.54) is 66.7 Å². The molecule has 0 heterocycles. The summed E-state index contributed by atoms with van der Waals surface area (Å²) in [7, 11) is -7.73. The van der Waals surface area contributed by atoms with E-state index in [-0.39, 0.29) is 91.8 Å². The molecule has 26 heteroatoms. The van der Waals surface area contributed by atoms with E-state index >= 15 is 0 Å². The minimum atomic E-state index is -3.96. The molecule has 0 atom stereocenters. The van der Waals surface area contributed by atoms with Gasteiger partial charge in [0, 0.05) is 10.8 Å². The zero-order valence-corrected chi connectivity index (χ0v) is 29.9. The monoisotopic (exact) mass is 823 g/mol. The fraction of sp³-hybridized carbons (Fsp3) is 0.154. The van der Waals surface area contributed by atoms with Gasteiger partial charge in [0.2, 0.25) is 0 Å². The van der Waals surface area contributed by atoms with Crippen LogP contribution >= 0.6 is 36.7 Å². The highest BCUT2D eigenvalue weighted by molar-refractivity contribution is 7.94. The van der Waals surface area contributed by atoms with E-state index < -0.39 is 36.9 Å². The summed E-state index contributed by atoms with van der Waals surface area (Å²) in [5.41, 5.74) is 6.31. The molecule has 0 saturated carbocycles. The Balaban J connectivity index is 1.64. The van der Waals surface area contributed by atoms with Crippen molar-refractivity contribution in [2.45, 2.75) is 14.7 Å². The number of rotatable bonds is 21. The quantitative estimate of drug-likeness (QED) is 0.0142. The Kier molecular flexibility index (Phi) is 15.9. The average Bonchev–Trinajstić information content (AvgIpc) is 3.13. The van der Waals surface area contributed by atoms with Crippen molar-refractivity contribution in [2.24, 2.45) is 20.5 Å². The van der Waals surface area contributed by atoms with Crippen LogP contribution in [0, 0.1) is 0 Å². The Labute approximate surface area is 306 Å². The fourth-order valence-electron chi connectivity index (χ4n) is 4.13. The number of phenols is 1. The van der Waals surface area contributed by atoms with Gasteiger partial charge >= 0.3 is 0 Å². The number of fused-ring (bicyclic) bond motifs is 1. The molecule has 52 heavy (non-hydrogen) atoms. The van der Waals surface area contributed by atoms with Crippen LogP contribution in [0.25, 0.3) is 10.8 Å². The first kappa shape index (κ1) is 41.2. The van der Waals surface area contributed by atoms with Gasteiger partial charge in [-0.2, -0.15) is 5.11 Å². The topological polar surface area (TPSA) is 298 Å². The number of phenolic OH excluding ortho intramolecular Hbond substituents is 1. The minimum absolute atomic E-state index is 0.0196. The maximum absolute atomic E-state index is 13.0. The number of azo groups is 2. The number of benzene rings is 4. The first-order valence-corrected chi connectivity index (χ1v) is 19.1. The van der Waals surface area contributed by atoms with Crippen LogP contribution in [-0.4, -0.2) is 62.4 Å². The van der Waals surface area contributed by atoms with E-state index in [1.54, 1.807) is 0 Å². The maximum Gasteiger partial charge on any atom is 0.197 e. The lowest BCUT2D eigenvalue weighted by Gasteiger charge is -2.12. The molecule has 0 aliphatic heterocycles. The Morgan fingerprint density at radius 1 is 0.673 bits per heavy atom. The molecule has 0 aliphatic carbocycles. The van der Waals surface area contributed by atoms with Crippen molar-refractivity contribution >= 4 is 95.6 Å². The summed E-state index contributed by atoms with van der Waals surface area (Å²) in [5.74, 6) is -1.35. The third kappa shape index (κ3) is 11.2. The lowest BCUT2D eigenvalue weighted by Crippen LogP contribution is -2.11. The summed E-state index contributed by atoms with van der Waals surface area (Å²) in [6.45, 7) is -0.612. The van der Waals surface area contributed by atoms with Crippen LogP contribution in [0.1, 0.15) is 0 Å². The van der Waals surface area contributed by atoms with Gasteiger partial charge in [0.05, 0.1) is 62.8 Å². The Hall–Kier alpha value is -3.55. The molecule has 0 aliphatic rings. The average molecular weight is 824 g/mol. The van der Waals surface area contributed by atoms with Crippen molar-refractivity contribution < 1.29 is 74.2 Å². The summed E-state index contributed by atoms with van der Waals surface area (Å²) in [6.07, 6.45) is 0. The molecular weight excluding hydrogens is 799 g/mol. The molecule has 0 spiro atoms. The minimum Gasteiger partial charge on any atom is -0.505 e. The first-order valence-electron chi connectivity index (χ1n) is 13.8. The van der Waals surface area contributed by atoms with E-state index in [1.807, 2.05) is 0 Å². The van der Waals surface area contributed by atoms with Crippen LogP contribution in [0.2, 0.25) is 0 Å². The van der Waals surface area contributed by atoms with Gasteiger partial charge < -0.3 is 10.8 Å². The number of hydrogen-bond acceptors (Lipinski definition) is 24. The molecule has 6 N–H and O–H groups in total. The molecular formula is C26H25N5O16S5. The van der Waals surface area contributed by atoms with Crippen LogP contribution in [0.5, 0.6) is 5.75 Å². The summed E-state index contributed by atoms with van der Waals surface area (Å²) in [6, 6.07) is 15.3. The van der Waals surface area contributed by atoms with E-state index in [0.29, 0.717) is 12.0 Å². The van der Waals surface area contributed by atoms with Crippen LogP contribution in [0.3, 0.4) is 0 Å². The number of nitrogens with two attached hydrogens (primary N) is 1. The predicted molar refractivity (Wildman–Crippen MR) is 183 cm³/mol. The van der Waals surface area contributed by atoms with Gasteiger partial charge in [0.15, 0.2) is 50.1 Å². The molecule has 280 valence electrons. The number of aromatic hydroxyl groups is 1. The smallest absolute Gasteiger partial charge is 0.197 e. The zero-order chi connectivity index (χ0) is 37.6. The van der Waals surface area contributed by atoms with E-state index in [2.05, 4.69) is 48.6 Å². The Morgan fingerprint density at radius 2 is 1.29 bits per heavy atom. The van der Waals surface area contributed by atoms with E-state index in [9.17, 15) is 21.9 Å². The largest absolute Gasteiger partial charge is 0.505 e. The molecule has 0 aromatic heterocycles. The molecule has 0 fully saturated rings. The molecule has 21 nitrogen and oxygen atoms in total. The molecule has 0 radical (unpaired) electrons. The molecule has 4 aromatic rings. The molecule has 0 bridgehead atoms. The molecule has 0 unspecified atom stereocenters. The lowest BCUT2D eigenvalue weighted by molar-refractivity contribution is -0.434. The summed E-state index contributed by atoms with van der Waals surface area (Å²) < 4.78 is 73.4.